The fraction of sp³-hybridized carbons (Fsp3) is 0.429. The highest BCUT2D eigenvalue weighted by Gasteiger charge is 2.16. The zero-order valence-electron chi connectivity index (χ0n) is 14.3. The van der Waals surface area contributed by atoms with Crippen LogP contribution in [0.5, 0.6) is 0 Å². The molecule has 0 aromatic heterocycles. The van der Waals surface area contributed by atoms with Crippen molar-refractivity contribution >= 4 is 5.69 Å². The van der Waals surface area contributed by atoms with Gasteiger partial charge in [-0.25, -0.2) is 0 Å². The topological polar surface area (TPSA) is 23.5 Å². The van der Waals surface area contributed by atoms with Crippen molar-refractivity contribution in [1.29, 1.82) is 0 Å². The van der Waals surface area contributed by atoms with Crippen LogP contribution in [0.15, 0.2) is 42.5 Å². The number of rotatable bonds is 5. The molecule has 1 unspecified atom stereocenters. The normalized spacial score (nSPS) is 15.1. The monoisotopic (exact) mass is 309 g/mol. The van der Waals surface area contributed by atoms with Gasteiger partial charge >= 0.3 is 0 Å². The van der Waals surface area contributed by atoms with Gasteiger partial charge in [-0.15, -0.1) is 0 Å². The fourth-order valence-corrected chi connectivity index (χ4v) is 3.52. The van der Waals surface area contributed by atoms with Crippen molar-refractivity contribution in [2.24, 2.45) is 0 Å². The number of hydrogen-bond acceptors (Lipinski definition) is 2. The van der Waals surface area contributed by atoms with Crippen molar-refractivity contribution in [1.82, 2.24) is 0 Å². The SMILES string of the molecule is CCN(CC(O)c1ccc2c(c1)CCCC2)c1cccc(C)c1. The summed E-state index contributed by atoms with van der Waals surface area (Å²) in [5.41, 5.74) is 6.40. The van der Waals surface area contributed by atoms with E-state index in [0.717, 1.165) is 18.5 Å². The Hall–Kier alpha value is -1.80. The lowest BCUT2D eigenvalue weighted by molar-refractivity contribution is 0.183. The summed E-state index contributed by atoms with van der Waals surface area (Å²) in [5, 5.41) is 10.7. The lowest BCUT2D eigenvalue weighted by Gasteiger charge is -2.27. The molecule has 1 N–H and O–H groups in total. The molecule has 2 aromatic rings. The first-order valence-electron chi connectivity index (χ1n) is 8.78. The van der Waals surface area contributed by atoms with Crippen molar-refractivity contribution in [2.75, 3.05) is 18.0 Å². The van der Waals surface area contributed by atoms with Crippen molar-refractivity contribution in [3.8, 4) is 0 Å². The van der Waals surface area contributed by atoms with E-state index in [0.29, 0.717) is 6.54 Å². The van der Waals surface area contributed by atoms with Crippen LogP contribution < -0.4 is 4.90 Å². The number of hydrogen-bond donors (Lipinski definition) is 1. The smallest absolute Gasteiger partial charge is 0.0964 e. The first-order chi connectivity index (χ1) is 11.2. The first-order valence-corrected chi connectivity index (χ1v) is 8.78. The molecule has 0 saturated heterocycles. The van der Waals surface area contributed by atoms with E-state index in [9.17, 15) is 5.11 Å². The van der Waals surface area contributed by atoms with Gasteiger partial charge in [-0.3, -0.25) is 0 Å². The molecule has 2 nitrogen and oxygen atoms in total. The number of aryl methyl sites for hydroxylation is 3. The lowest BCUT2D eigenvalue weighted by atomic mass is 9.89. The Bertz CT molecular complexity index is 665. The highest BCUT2D eigenvalue weighted by atomic mass is 16.3. The van der Waals surface area contributed by atoms with Crippen LogP contribution in [0.25, 0.3) is 0 Å². The second-order valence-electron chi connectivity index (χ2n) is 6.63. The maximum atomic E-state index is 10.7. The van der Waals surface area contributed by atoms with Gasteiger partial charge in [0.05, 0.1) is 6.10 Å². The minimum Gasteiger partial charge on any atom is -0.387 e. The molecule has 1 aliphatic carbocycles. The van der Waals surface area contributed by atoms with Gasteiger partial charge in [0.1, 0.15) is 0 Å². The van der Waals surface area contributed by atoms with Gasteiger partial charge in [0, 0.05) is 18.8 Å². The molecule has 1 atom stereocenters. The Morgan fingerprint density at radius 3 is 2.57 bits per heavy atom. The summed E-state index contributed by atoms with van der Waals surface area (Å²) in [6.45, 7) is 5.78. The van der Waals surface area contributed by atoms with Gasteiger partial charge in [0.2, 0.25) is 0 Å². The zero-order chi connectivity index (χ0) is 16.2. The fourth-order valence-electron chi connectivity index (χ4n) is 3.52. The molecule has 1 aliphatic rings. The highest BCUT2D eigenvalue weighted by molar-refractivity contribution is 5.48. The summed E-state index contributed by atoms with van der Waals surface area (Å²) < 4.78 is 0. The Balaban J connectivity index is 1.76. The van der Waals surface area contributed by atoms with E-state index in [4.69, 9.17) is 0 Å². The molecule has 0 saturated carbocycles. The van der Waals surface area contributed by atoms with Crippen LogP contribution in [-0.2, 0) is 12.8 Å². The van der Waals surface area contributed by atoms with Crippen LogP contribution in [0.1, 0.15) is 48.1 Å². The quantitative estimate of drug-likeness (QED) is 0.883. The molecule has 0 fully saturated rings. The molecule has 0 amide bonds. The number of aliphatic hydroxyl groups excluding tert-OH is 1. The van der Waals surface area contributed by atoms with E-state index in [1.165, 1.54) is 41.6 Å². The summed E-state index contributed by atoms with van der Waals surface area (Å²) in [5.74, 6) is 0. The third-order valence-electron chi connectivity index (χ3n) is 4.90. The molecule has 3 rings (SSSR count). The number of likely N-dealkylation sites (N-methyl/N-ethyl adjacent to an activating group) is 1. The van der Waals surface area contributed by atoms with Crippen LogP contribution in [0.2, 0.25) is 0 Å². The second-order valence-corrected chi connectivity index (χ2v) is 6.63. The van der Waals surface area contributed by atoms with E-state index in [1.807, 2.05) is 0 Å². The summed E-state index contributed by atoms with van der Waals surface area (Å²) >= 11 is 0. The third kappa shape index (κ3) is 3.76. The van der Waals surface area contributed by atoms with Crippen LogP contribution in [0.3, 0.4) is 0 Å². The van der Waals surface area contributed by atoms with Gasteiger partial charge in [0.25, 0.3) is 0 Å². The van der Waals surface area contributed by atoms with E-state index in [2.05, 4.69) is 61.2 Å². The zero-order valence-corrected chi connectivity index (χ0v) is 14.3. The summed E-state index contributed by atoms with van der Waals surface area (Å²) in [6.07, 6.45) is 4.48. The predicted octanol–water partition coefficient (Wildman–Crippen LogP) is 4.43. The molecule has 2 heteroatoms. The van der Waals surface area contributed by atoms with E-state index < -0.39 is 6.10 Å². The van der Waals surface area contributed by atoms with E-state index in [1.54, 1.807) is 0 Å². The molecular weight excluding hydrogens is 282 g/mol. The Kier molecular flexibility index (Phi) is 5.02. The summed E-state index contributed by atoms with van der Waals surface area (Å²) in [6, 6.07) is 15.0. The second kappa shape index (κ2) is 7.18. The minimum absolute atomic E-state index is 0.442. The van der Waals surface area contributed by atoms with Crippen LogP contribution in [-0.4, -0.2) is 18.2 Å². The van der Waals surface area contributed by atoms with Crippen molar-refractivity contribution in [3.63, 3.8) is 0 Å². The number of benzene rings is 2. The molecule has 0 bridgehead atoms. The lowest BCUT2D eigenvalue weighted by Crippen LogP contribution is -2.28. The molecule has 2 aromatic carbocycles. The van der Waals surface area contributed by atoms with E-state index in [-0.39, 0.29) is 0 Å². The van der Waals surface area contributed by atoms with Crippen molar-refractivity contribution in [2.45, 2.75) is 45.6 Å². The number of anilines is 1. The third-order valence-corrected chi connectivity index (χ3v) is 4.90. The molecule has 122 valence electrons. The maximum absolute atomic E-state index is 10.7. The molecule has 0 radical (unpaired) electrons. The average Bonchev–Trinajstić information content (AvgIpc) is 2.59. The predicted molar refractivity (Wildman–Crippen MR) is 97.1 cm³/mol. The Labute approximate surface area is 139 Å². The number of fused-ring (bicyclic) bond motifs is 1. The first kappa shape index (κ1) is 16.1. The summed E-state index contributed by atoms with van der Waals surface area (Å²) in [7, 11) is 0. The van der Waals surface area contributed by atoms with Gasteiger partial charge < -0.3 is 10.0 Å². The maximum Gasteiger partial charge on any atom is 0.0964 e. The van der Waals surface area contributed by atoms with Crippen molar-refractivity contribution in [3.05, 3.63) is 64.7 Å². The molecule has 23 heavy (non-hydrogen) atoms. The standard InChI is InChI=1S/C21H27NO/c1-3-22(20-10-6-7-16(2)13-20)15-21(23)19-12-11-17-8-4-5-9-18(17)14-19/h6-7,10-14,21,23H,3-5,8-9,15H2,1-2H3. The van der Waals surface area contributed by atoms with Gasteiger partial charge in [-0.2, -0.15) is 0 Å². The Morgan fingerprint density at radius 1 is 1.04 bits per heavy atom. The van der Waals surface area contributed by atoms with Gasteiger partial charge in [-0.1, -0.05) is 30.3 Å². The molecule has 0 aliphatic heterocycles. The van der Waals surface area contributed by atoms with E-state index >= 15 is 0 Å². The average molecular weight is 309 g/mol. The van der Waals surface area contributed by atoms with Gasteiger partial charge in [-0.05, 0) is 73.9 Å². The number of nitrogens with zero attached hydrogens (tertiary/aromatic N) is 1. The largest absolute Gasteiger partial charge is 0.387 e. The van der Waals surface area contributed by atoms with Gasteiger partial charge in [0.15, 0.2) is 0 Å². The number of aliphatic hydroxyl groups is 1. The van der Waals surface area contributed by atoms with Crippen LogP contribution in [0, 0.1) is 6.92 Å². The molecule has 0 heterocycles. The highest BCUT2D eigenvalue weighted by Crippen LogP contribution is 2.26. The Morgan fingerprint density at radius 2 is 1.83 bits per heavy atom. The summed E-state index contributed by atoms with van der Waals surface area (Å²) in [4.78, 5) is 2.25. The molecule has 0 spiro atoms. The molecular formula is C21H27NO. The minimum atomic E-state index is -0.442. The van der Waals surface area contributed by atoms with Crippen molar-refractivity contribution < 1.29 is 5.11 Å². The van der Waals surface area contributed by atoms with Crippen LogP contribution in [0.4, 0.5) is 5.69 Å². The van der Waals surface area contributed by atoms with Crippen LogP contribution >= 0.6 is 0 Å².